The van der Waals surface area contributed by atoms with Crippen molar-refractivity contribution in [1.29, 1.82) is 5.26 Å². The Morgan fingerprint density at radius 3 is 2.94 bits per heavy atom. The molecule has 0 bridgehead atoms. The van der Waals surface area contributed by atoms with Crippen molar-refractivity contribution < 1.29 is 4.74 Å². The second kappa shape index (κ2) is 3.28. The number of nitriles is 1. The quantitative estimate of drug-likeness (QED) is 0.711. The highest BCUT2D eigenvalue weighted by Gasteiger charge is 2.19. The molecule has 1 aromatic rings. The molecule has 76 valence electrons. The molecule has 0 atom stereocenters. The third-order valence-corrected chi connectivity index (χ3v) is 2.50. The van der Waals surface area contributed by atoms with Crippen LogP contribution in [0.25, 0.3) is 6.08 Å². The molecule has 0 saturated carbocycles. The standard InChI is InChI=1S/C13H8N2O/c14-8-10-5-6-13-11(15-10)7-9-3-1-2-4-12(9)16-13/h1-7,15H. The normalized spacial score (nSPS) is 16.3. The zero-order valence-electron chi connectivity index (χ0n) is 8.40. The number of fused-ring (bicyclic) bond motifs is 2. The summed E-state index contributed by atoms with van der Waals surface area (Å²) in [5.74, 6) is 1.59. The number of allylic oxidation sites excluding steroid dienone is 3. The van der Waals surface area contributed by atoms with Crippen LogP contribution >= 0.6 is 0 Å². The van der Waals surface area contributed by atoms with Crippen LogP contribution in [0.15, 0.2) is 53.6 Å². The number of nitrogens with zero attached hydrogens (tertiary/aromatic N) is 1. The lowest BCUT2D eigenvalue weighted by Crippen LogP contribution is -2.21. The molecule has 16 heavy (non-hydrogen) atoms. The zero-order chi connectivity index (χ0) is 11.0. The first-order valence-electron chi connectivity index (χ1n) is 4.95. The molecule has 0 spiro atoms. The van der Waals surface area contributed by atoms with Crippen LogP contribution in [0.1, 0.15) is 5.56 Å². The highest BCUT2D eigenvalue weighted by atomic mass is 16.5. The van der Waals surface area contributed by atoms with Crippen molar-refractivity contribution in [2.24, 2.45) is 0 Å². The summed E-state index contributed by atoms with van der Waals surface area (Å²) >= 11 is 0. The molecule has 3 nitrogen and oxygen atoms in total. The van der Waals surface area contributed by atoms with Crippen molar-refractivity contribution in [1.82, 2.24) is 5.32 Å². The van der Waals surface area contributed by atoms with Gasteiger partial charge in [0.1, 0.15) is 17.5 Å². The van der Waals surface area contributed by atoms with Crippen molar-refractivity contribution in [2.45, 2.75) is 0 Å². The van der Waals surface area contributed by atoms with Crippen LogP contribution in [0.5, 0.6) is 5.75 Å². The fourth-order valence-electron chi connectivity index (χ4n) is 1.73. The molecule has 0 amide bonds. The van der Waals surface area contributed by atoms with E-state index in [-0.39, 0.29) is 0 Å². The summed E-state index contributed by atoms with van der Waals surface area (Å²) in [6, 6.07) is 9.86. The topological polar surface area (TPSA) is 45.0 Å². The first-order valence-corrected chi connectivity index (χ1v) is 4.95. The third kappa shape index (κ3) is 1.29. The largest absolute Gasteiger partial charge is 0.455 e. The molecule has 0 aliphatic carbocycles. The first-order chi connectivity index (χ1) is 7.86. The molecule has 2 aliphatic rings. The van der Waals surface area contributed by atoms with E-state index in [1.165, 1.54) is 0 Å². The van der Waals surface area contributed by atoms with Crippen LogP contribution in [0.3, 0.4) is 0 Å². The number of hydrogen-bond acceptors (Lipinski definition) is 3. The Bertz CT molecular complexity index is 588. The van der Waals surface area contributed by atoms with Gasteiger partial charge in [0.2, 0.25) is 0 Å². The highest BCUT2D eigenvalue weighted by Crippen LogP contribution is 2.31. The number of dihydropyridines is 1. The van der Waals surface area contributed by atoms with Gasteiger partial charge < -0.3 is 10.1 Å². The molecule has 2 aliphatic heterocycles. The number of nitrogens with one attached hydrogen (secondary N) is 1. The Balaban J connectivity index is 2.08. The number of hydrogen-bond donors (Lipinski definition) is 1. The maximum Gasteiger partial charge on any atom is 0.151 e. The summed E-state index contributed by atoms with van der Waals surface area (Å²) in [7, 11) is 0. The van der Waals surface area contributed by atoms with Gasteiger partial charge in [0.25, 0.3) is 0 Å². The average Bonchev–Trinajstić information content (AvgIpc) is 2.35. The minimum Gasteiger partial charge on any atom is -0.455 e. The lowest BCUT2D eigenvalue weighted by atomic mass is 10.1. The van der Waals surface area contributed by atoms with E-state index in [9.17, 15) is 0 Å². The minimum absolute atomic E-state index is 0.526. The number of rotatable bonds is 0. The van der Waals surface area contributed by atoms with Gasteiger partial charge in [-0.25, -0.2) is 0 Å². The van der Waals surface area contributed by atoms with Gasteiger partial charge in [-0.3, -0.25) is 0 Å². The molecule has 2 heterocycles. The summed E-state index contributed by atoms with van der Waals surface area (Å²) in [4.78, 5) is 0. The molecule has 0 fully saturated rings. The predicted molar refractivity (Wildman–Crippen MR) is 60.0 cm³/mol. The molecule has 0 unspecified atom stereocenters. The molecule has 3 rings (SSSR count). The molecular weight excluding hydrogens is 200 g/mol. The van der Waals surface area contributed by atoms with Gasteiger partial charge in [-0.05, 0) is 24.3 Å². The Morgan fingerprint density at radius 1 is 1.19 bits per heavy atom. The van der Waals surface area contributed by atoms with Gasteiger partial charge in [-0.2, -0.15) is 5.26 Å². The maximum absolute atomic E-state index is 8.80. The van der Waals surface area contributed by atoms with Crippen LogP contribution in [0.4, 0.5) is 0 Å². The minimum atomic E-state index is 0.526. The van der Waals surface area contributed by atoms with Crippen molar-refractivity contribution in [3.05, 3.63) is 59.1 Å². The van der Waals surface area contributed by atoms with Crippen LogP contribution in [0, 0.1) is 11.3 Å². The van der Waals surface area contributed by atoms with E-state index in [4.69, 9.17) is 10.00 Å². The van der Waals surface area contributed by atoms with Gasteiger partial charge in [0.15, 0.2) is 5.76 Å². The lowest BCUT2D eigenvalue weighted by molar-refractivity contribution is 0.423. The van der Waals surface area contributed by atoms with Crippen molar-refractivity contribution in [2.75, 3.05) is 0 Å². The highest BCUT2D eigenvalue weighted by molar-refractivity contribution is 5.68. The van der Waals surface area contributed by atoms with Crippen molar-refractivity contribution in [3.8, 4) is 11.8 Å². The molecule has 1 aromatic carbocycles. The van der Waals surface area contributed by atoms with E-state index in [0.29, 0.717) is 5.70 Å². The van der Waals surface area contributed by atoms with Crippen LogP contribution in [-0.2, 0) is 0 Å². The van der Waals surface area contributed by atoms with E-state index >= 15 is 0 Å². The average molecular weight is 208 g/mol. The fraction of sp³-hybridized carbons (Fsp3) is 0. The molecular formula is C13H8N2O. The summed E-state index contributed by atoms with van der Waals surface area (Å²) in [6.45, 7) is 0. The second-order valence-corrected chi connectivity index (χ2v) is 3.55. The molecule has 0 saturated heterocycles. The lowest BCUT2D eigenvalue weighted by Gasteiger charge is -2.23. The van der Waals surface area contributed by atoms with E-state index in [1.807, 2.05) is 30.3 Å². The maximum atomic E-state index is 8.80. The molecule has 0 radical (unpaired) electrons. The van der Waals surface area contributed by atoms with Gasteiger partial charge >= 0.3 is 0 Å². The van der Waals surface area contributed by atoms with Crippen LogP contribution in [-0.4, -0.2) is 0 Å². The van der Waals surface area contributed by atoms with E-state index in [1.54, 1.807) is 12.2 Å². The monoisotopic (exact) mass is 208 g/mol. The van der Waals surface area contributed by atoms with E-state index in [2.05, 4.69) is 11.4 Å². The van der Waals surface area contributed by atoms with Crippen molar-refractivity contribution >= 4 is 6.08 Å². The number of benzene rings is 1. The zero-order valence-corrected chi connectivity index (χ0v) is 8.40. The Morgan fingerprint density at radius 2 is 2.06 bits per heavy atom. The summed E-state index contributed by atoms with van der Waals surface area (Å²) in [5, 5.41) is 11.8. The van der Waals surface area contributed by atoms with Crippen LogP contribution in [0.2, 0.25) is 0 Å². The Kier molecular flexibility index (Phi) is 1.81. The van der Waals surface area contributed by atoms with Crippen molar-refractivity contribution in [3.63, 3.8) is 0 Å². The first kappa shape index (κ1) is 8.81. The fourth-order valence-corrected chi connectivity index (χ4v) is 1.73. The molecule has 0 aromatic heterocycles. The SMILES string of the molecule is N#CC1=CC=C2Oc3ccccc3C=C2N1. The number of ether oxygens (including phenoxy) is 1. The van der Waals surface area contributed by atoms with Gasteiger partial charge in [-0.15, -0.1) is 0 Å². The number of para-hydroxylation sites is 1. The van der Waals surface area contributed by atoms with Gasteiger partial charge in [0, 0.05) is 5.56 Å². The van der Waals surface area contributed by atoms with Gasteiger partial charge in [0.05, 0.1) is 5.70 Å². The molecule has 3 heteroatoms. The van der Waals surface area contributed by atoms with E-state index in [0.717, 1.165) is 22.8 Å². The smallest absolute Gasteiger partial charge is 0.151 e. The van der Waals surface area contributed by atoms with Gasteiger partial charge in [-0.1, -0.05) is 18.2 Å². The third-order valence-electron chi connectivity index (χ3n) is 2.50. The van der Waals surface area contributed by atoms with Crippen LogP contribution < -0.4 is 10.1 Å². The Labute approximate surface area is 93.0 Å². The molecule has 1 N–H and O–H groups in total. The predicted octanol–water partition coefficient (Wildman–Crippen LogP) is 2.31. The summed E-state index contributed by atoms with van der Waals surface area (Å²) < 4.78 is 5.70. The summed E-state index contributed by atoms with van der Waals surface area (Å²) in [6.07, 6.45) is 5.49. The summed E-state index contributed by atoms with van der Waals surface area (Å²) in [5.41, 5.74) is 2.37. The Hall–Kier alpha value is -2.47. The van der Waals surface area contributed by atoms with E-state index < -0.39 is 0 Å². The second-order valence-electron chi connectivity index (χ2n) is 3.55.